The summed E-state index contributed by atoms with van der Waals surface area (Å²) in [6.07, 6.45) is 1.71. The van der Waals surface area contributed by atoms with E-state index >= 15 is 0 Å². The third-order valence-corrected chi connectivity index (χ3v) is 4.74. The second kappa shape index (κ2) is 7.68. The SMILES string of the molecule is CCn1c(C2CCCN(C(=O)c3ccc(C#CC(C)(C)O)o3)C2)nn(C)c1=O. The number of aromatic nitrogens is 3. The number of aryl methyl sites for hydroxylation is 1. The van der Waals surface area contributed by atoms with Gasteiger partial charge in [-0.3, -0.25) is 9.36 Å². The zero-order valence-electron chi connectivity index (χ0n) is 16.7. The standard InChI is InChI=1S/C20H26N4O4/c1-5-24-17(21-22(4)19(24)26)14-7-6-12-23(13-14)18(25)16-9-8-15(28-16)10-11-20(2,3)27/h8-9,14,27H,5-7,12-13H2,1-4H3. The molecule has 1 aliphatic heterocycles. The predicted octanol–water partition coefficient (Wildman–Crippen LogP) is 1.34. The summed E-state index contributed by atoms with van der Waals surface area (Å²) < 4.78 is 8.56. The van der Waals surface area contributed by atoms with Crippen molar-refractivity contribution in [1.29, 1.82) is 0 Å². The van der Waals surface area contributed by atoms with Crippen LogP contribution in [-0.2, 0) is 13.6 Å². The van der Waals surface area contributed by atoms with Crippen molar-refractivity contribution in [1.82, 2.24) is 19.2 Å². The normalized spacial score (nSPS) is 17.3. The molecule has 150 valence electrons. The highest BCUT2D eigenvalue weighted by atomic mass is 16.4. The summed E-state index contributed by atoms with van der Waals surface area (Å²) in [4.78, 5) is 26.8. The molecule has 0 aromatic carbocycles. The minimum absolute atomic E-state index is 0.0102. The van der Waals surface area contributed by atoms with Gasteiger partial charge in [0.25, 0.3) is 5.91 Å². The van der Waals surface area contributed by atoms with Crippen LogP contribution in [0.15, 0.2) is 21.3 Å². The topological polar surface area (TPSA) is 93.5 Å². The quantitative estimate of drug-likeness (QED) is 0.804. The molecule has 0 aliphatic carbocycles. The number of likely N-dealkylation sites (tertiary alicyclic amines) is 1. The van der Waals surface area contributed by atoms with Gasteiger partial charge in [-0.25, -0.2) is 9.48 Å². The Labute approximate surface area is 163 Å². The van der Waals surface area contributed by atoms with Gasteiger partial charge >= 0.3 is 5.69 Å². The van der Waals surface area contributed by atoms with Gasteiger partial charge in [-0.15, -0.1) is 0 Å². The summed E-state index contributed by atoms with van der Waals surface area (Å²) in [7, 11) is 1.64. The molecule has 0 radical (unpaired) electrons. The van der Waals surface area contributed by atoms with Crippen LogP contribution >= 0.6 is 0 Å². The number of hydrogen-bond acceptors (Lipinski definition) is 5. The highest BCUT2D eigenvalue weighted by molar-refractivity contribution is 5.91. The van der Waals surface area contributed by atoms with E-state index in [0.717, 1.165) is 18.7 Å². The van der Waals surface area contributed by atoms with E-state index in [1.807, 2.05) is 6.92 Å². The lowest BCUT2D eigenvalue weighted by molar-refractivity contribution is 0.0670. The molecule has 3 rings (SSSR count). The van der Waals surface area contributed by atoms with E-state index in [4.69, 9.17) is 4.42 Å². The second-order valence-electron chi connectivity index (χ2n) is 7.57. The van der Waals surface area contributed by atoms with Crippen LogP contribution < -0.4 is 5.69 Å². The molecule has 1 atom stereocenters. The second-order valence-corrected chi connectivity index (χ2v) is 7.57. The highest BCUT2D eigenvalue weighted by Gasteiger charge is 2.30. The summed E-state index contributed by atoms with van der Waals surface area (Å²) in [5, 5.41) is 14.1. The van der Waals surface area contributed by atoms with Gasteiger partial charge in [0.05, 0.1) is 0 Å². The molecule has 1 N–H and O–H groups in total. The summed E-state index contributed by atoms with van der Waals surface area (Å²) in [5.74, 6) is 6.48. The van der Waals surface area contributed by atoms with Crippen LogP contribution in [0.5, 0.6) is 0 Å². The number of aliphatic hydroxyl groups is 1. The van der Waals surface area contributed by atoms with Crippen molar-refractivity contribution in [3.8, 4) is 11.8 Å². The number of rotatable bonds is 3. The largest absolute Gasteiger partial charge is 0.443 e. The van der Waals surface area contributed by atoms with Gasteiger partial charge in [-0.1, -0.05) is 5.92 Å². The molecular formula is C20H26N4O4. The van der Waals surface area contributed by atoms with Crippen LogP contribution in [-0.4, -0.2) is 49.0 Å². The number of piperidine rings is 1. The van der Waals surface area contributed by atoms with E-state index in [-0.39, 0.29) is 23.3 Å². The summed E-state index contributed by atoms with van der Waals surface area (Å²) in [6, 6.07) is 3.23. The van der Waals surface area contributed by atoms with Gasteiger partial charge in [0.15, 0.2) is 11.5 Å². The van der Waals surface area contributed by atoms with Gasteiger partial charge < -0.3 is 14.4 Å². The van der Waals surface area contributed by atoms with Crippen LogP contribution in [0.4, 0.5) is 0 Å². The Morgan fingerprint density at radius 2 is 2.18 bits per heavy atom. The molecule has 0 spiro atoms. The molecule has 8 heteroatoms. The Hall–Kier alpha value is -2.79. The van der Waals surface area contributed by atoms with Crippen molar-refractivity contribution < 1.29 is 14.3 Å². The van der Waals surface area contributed by atoms with Crippen LogP contribution in [0.2, 0.25) is 0 Å². The predicted molar refractivity (Wildman–Crippen MR) is 103 cm³/mol. The number of nitrogens with zero attached hydrogens (tertiary/aromatic N) is 4. The minimum Gasteiger partial charge on any atom is -0.443 e. The zero-order chi connectivity index (χ0) is 20.5. The molecule has 0 bridgehead atoms. The molecule has 1 amide bonds. The summed E-state index contributed by atoms with van der Waals surface area (Å²) in [6.45, 7) is 6.74. The molecular weight excluding hydrogens is 360 g/mol. The first-order valence-electron chi connectivity index (χ1n) is 9.48. The zero-order valence-corrected chi connectivity index (χ0v) is 16.7. The van der Waals surface area contributed by atoms with Crippen molar-refractivity contribution in [3.05, 3.63) is 40.0 Å². The fourth-order valence-electron chi connectivity index (χ4n) is 3.39. The Morgan fingerprint density at radius 3 is 2.86 bits per heavy atom. The number of carbonyl (C=O) groups excluding carboxylic acids is 1. The molecule has 0 saturated carbocycles. The van der Waals surface area contributed by atoms with Crippen molar-refractivity contribution >= 4 is 5.91 Å². The number of furan rings is 1. The fourth-order valence-corrected chi connectivity index (χ4v) is 3.39. The molecule has 2 aromatic rings. The van der Waals surface area contributed by atoms with E-state index in [1.54, 1.807) is 42.5 Å². The van der Waals surface area contributed by atoms with Gasteiger partial charge in [0.2, 0.25) is 0 Å². The lowest BCUT2D eigenvalue weighted by atomic mass is 9.97. The molecule has 1 unspecified atom stereocenters. The molecule has 1 aliphatic rings. The highest BCUT2D eigenvalue weighted by Crippen LogP contribution is 2.26. The summed E-state index contributed by atoms with van der Waals surface area (Å²) in [5.41, 5.74) is -1.27. The molecule has 3 heterocycles. The Morgan fingerprint density at radius 1 is 1.43 bits per heavy atom. The molecule has 8 nitrogen and oxygen atoms in total. The summed E-state index contributed by atoms with van der Waals surface area (Å²) >= 11 is 0. The van der Waals surface area contributed by atoms with Crippen LogP contribution in [0.1, 0.15) is 61.7 Å². The first kappa shape index (κ1) is 20.0. The minimum atomic E-state index is -1.13. The third kappa shape index (κ3) is 4.20. The van der Waals surface area contributed by atoms with Gasteiger partial charge in [0.1, 0.15) is 11.4 Å². The van der Waals surface area contributed by atoms with Gasteiger partial charge in [-0.05, 0) is 51.7 Å². The van der Waals surface area contributed by atoms with Gasteiger partial charge in [-0.2, -0.15) is 5.10 Å². The maximum atomic E-state index is 12.9. The smallest absolute Gasteiger partial charge is 0.345 e. The molecule has 28 heavy (non-hydrogen) atoms. The fraction of sp³-hybridized carbons (Fsp3) is 0.550. The van der Waals surface area contributed by atoms with Crippen molar-refractivity contribution in [2.24, 2.45) is 7.05 Å². The van der Waals surface area contributed by atoms with E-state index in [1.165, 1.54) is 4.68 Å². The van der Waals surface area contributed by atoms with Crippen LogP contribution in [0.3, 0.4) is 0 Å². The Bertz CT molecular complexity index is 980. The maximum Gasteiger partial charge on any atom is 0.345 e. The number of carbonyl (C=O) groups is 1. The van der Waals surface area contributed by atoms with E-state index in [0.29, 0.717) is 25.4 Å². The average molecular weight is 386 g/mol. The van der Waals surface area contributed by atoms with Crippen LogP contribution in [0.25, 0.3) is 0 Å². The lowest BCUT2D eigenvalue weighted by Gasteiger charge is -2.31. The maximum absolute atomic E-state index is 12.9. The van der Waals surface area contributed by atoms with E-state index in [9.17, 15) is 14.7 Å². The number of hydrogen-bond donors (Lipinski definition) is 1. The first-order valence-corrected chi connectivity index (χ1v) is 9.48. The lowest BCUT2D eigenvalue weighted by Crippen LogP contribution is -2.40. The molecule has 1 saturated heterocycles. The van der Waals surface area contributed by atoms with Crippen LogP contribution in [0, 0.1) is 11.8 Å². The Balaban J connectivity index is 1.77. The van der Waals surface area contributed by atoms with E-state index in [2.05, 4.69) is 16.9 Å². The average Bonchev–Trinajstić information content (AvgIpc) is 3.24. The van der Waals surface area contributed by atoms with Crippen molar-refractivity contribution in [3.63, 3.8) is 0 Å². The Kier molecular flexibility index (Phi) is 5.47. The molecule has 1 fully saturated rings. The van der Waals surface area contributed by atoms with Crippen molar-refractivity contribution in [2.75, 3.05) is 13.1 Å². The third-order valence-electron chi connectivity index (χ3n) is 4.74. The molecule has 2 aromatic heterocycles. The monoisotopic (exact) mass is 386 g/mol. The van der Waals surface area contributed by atoms with E-state index < -0.39 is 5.60 Å². The van der Waals surface area contributed by atoms with Gasteiger partial charge in [0, 0.05) is 32.6 Å². The first-order chi connectivity index (χ1) is 13.2. The number of amides is 1. The van der Waals surface area contributed by atoms with Crippen molar-refractivity contribution in [2.45, 2.75) is 51.7 Å².